The van der Waals surface area contributed by atoms with E-state index in [9.17, 15) is 62.7 Å². The number of rotatable bonds is 13. The first-order chi connectivity index (χ1) is 34.0. The van der Waals surface area contributed by atoms with Gasteiger partial charge in [-0.15, -0.1) is 0 Å². The maximum atomic E-state index is 14.5. The Bertz CT molecular complexity index is 3100. The van der Waals surface area contributed by atoms with Gasteiger partial charge in [0.2, 0.25) is 0 Å². The lowest BCUT2D eigenvalue weighted by atomic mass is 10.1. The van der Waals surface area contributed by atoms with Gasteiger partial charge < -0.3 is 15.2 Å². The summed E-state index contributed by atoms with van der Waals surface area (Å²) < 4.78 is 144. The summed E-state index contributed by atoms with van der Waals surface area (Å²) in [6, 6.07) is 6.64. The van der Waals surface area contributed by atoms with E-state index in [0.29, 0.717) is 12.1 Å². The molecule has 1 amide bonds. The highest BCUT2D eigenvalue weighted by molar-refractivity contribution is 7.90. The van der Waals surface area contributed by atoms with Crippen LogP contribution < -0.4 is 25.0 Å². The average Bonchev–Trinajstić information content (AvgIpc) is 3.35. The first kappa shape index (κ1) is 55.4. The van der Waals surface area contributed by atoms with E-state index in [4.69, 9.17) is 50.1 Å². The normalized spacial score (nSPS) is 17.5. The van der Waals surface area contributed by atoms with E-state index in [2.05, 4.69) is 15.5 Å². The van der Waals surface area contributed by atoms with Crippen LogP contribution in [0.15, 0.2) is 58.4 Å². The van der Waals surface area contributed by atoms with Crippen LogP contribution in [0.4, 0.5) is 48.2 Å². The SMILES string of the molecule is N#Cc1ccc(N(C(F)F)S(=O)(=O)N2CCC(n3ncc(Cl)c(Cl)c3=O)CC2)c(F)c1.N#Cc1ccc(N(C(F)F)S(=O)(=O)N2CCC(n3ncc(NC[C@H]4COCCN4C(=O)O)c(Cl)c3=O)CC2)c(F)c1. The van der Waals surface area contributed by atoms with Gasteiger partial charge in [0.1, 0.15) is 21.7 Å². The summed E-state index contributed by atoms with van der Waals surface area (Å²) in [6.45, 7) is -7.42. The molecule has 2 aromatic heterocycles. The Kier molecular flexibility index (Phi) is 17.9. The lowest BCUT2D eigenvalue weighted by molar-refractivity contribution is 0.00445. The highest BCUT2D eigenvalue weighted by Gasteiger charge is 2.41. The quantitative estimate of drug-likeness (QED) is 0.124. The van der Waals surface area contributed by atoms with Crippen LogP contribution in [0.2, 0.25) is 15.1 Å². The monoisotopic (exact) mass is 1110 g/mol. The number of amides is 1. The van der Waals surface area contributed by atoms with Gasteiger partial charge in [0, 0.05) is 39.3 Å². The van der Waals surface area contributed by atoms with Crippen molar-refractivity contribution in [2.24, 2.45) is 0 Å². The van der Waals surface area contributed by atoms with Crippen LogP contribution in [-0.4, -0.2) is 133 Å². The zero-order chi connectivity index (χ0) is 52.8. The molecular weight excluding hydrogens is 1080 g/mol. The molecule has 2 N–H and O–H groups in total. The van der Waals surface area contributed by atoms with Crippen molar-refractivity contribution in [2.75, 3.05) is 66.4 Å². The summed E-state index contributed by atoms with van der Waals surface area (Å²) in [4.78, 5) is 37.8. The number of aromatic nitrogens is 4. The Hall–Kier alpha value is -5.92. The molecule has 3 fully saturated rings. The fraction of sp³-hybridized carbons (Fsp3) is 0.425. The van der Waals surface area contributed by atoms with E-state index in [1.54, 1.807) is 12.1 Å². The molecule has 4 aromatic rings. The van der Waals surface area contributed by atoms with Crippen molar-refractivity contribution in [2.45, 2.75) is 56.9 Å². The van der Waals surface area contributed by atoms with Crippen LogP contribution >= 0.6 is 34.8 Å². The maximum Gasteiger partial charge on any atom is 0.407 e. The number of ether oxygens (including phenoxy) is 1. The molecule has 0 saturated carbocycles. The van der Waals surface area contributed by atoms with Crippen molar-refractivity contribution >= 4 is 78.4 Å². The summed E-state index contributed by atoms with van der Waals surface area (Å²) >= 11 is 17.8. The minimum absolute atomic E-state index is 0.0230. The van der Waals surface area contributed by atoms with Gasteiger partial charge in [-0.2, -0.15) is 72.3 Å². The fourth-order valence-corrected chi connectivity index (χ4v) is 11.4. The molecule has 5 heterocycles. The third-order valence-electron chi connectivity index (χ3n) is 11.5. The van der Waals surface area contributed by atoms with Gasteiger partial charge in [-0.25, -0.2) is 22.9 Å². The smallest absolute Gasteiger partial charge is 0.407 e. The number of carbonyl (C=O) groups is 1. The van der Waals surface area contributed by atoms with Crippen LogP contribution in [0.25, 0.3) is 0 Å². The Morgan fingerprint density at radius 1 is 0.764 bits per heavy atom. The topological polar surface area (TPSA) is 260 Å². The highest BCUT2D eigenvalue weighted by atomic mass is 35.5. The van der Waals surface area contributed by atoms with E-state index in [0.717, 1.165) is 42.2 Å². The van der Waals surface area contributed by atoms with Crippen LogP contribution in [0, 0.1) is 34.3 Å². The predicted molar refractivity (Wildman–Crippen MR) is 247 cm³/mol. The Morgan fingerprint density at radius 3 is 1.62 bits per heavy atom. The van der Waals surface area contributed by atoms with Crippen LogP contribution in [0.1, 0.15) is 48.9 Å². The number of halogens is 9. The van der Waals surface area contributed by atoms with Crippen LogP contribution in [-0.2, 0) is 25.2 Å². The van der Waals surface area contributed by atoms with Gasteiger partial charge in [-0.1, -0.05) is 34.8 Å². The summed E-state index contributed by atoms with van der Waals surface area (Å²) in [5.74, 6) is -2.57. The Labute approximate surface area is 420 Å². The molecule has 7 rings (SSSR count). The molecule has 0 radical (unpaired) electrons. The number of hydrogen-bond acceptors (Lipinski definition) is 13. The molecule has 21 nitrogen and oxygen atoms in total. The van der Waals surface area contributed by atoms with E-state index in [1.165, 1.54) is 17.3 Å². The second-order valence-electron chi connectivity index (χ2n) is 15.7. The molecule has 72 heavy (non-hydrogen) atoms. The number of nitriles is 2. The number of morpholine rings is 1. The summed E-state index contributed by atoms with van der Waals surface area (Å²) in [7, 11) is -9.69. The van der Waals surface area contributed by atoms with Crippen molar-refractivity contribution in [1.82, 2.24) is 33.1 Å². The minimum Gasteiger partial charge on any atom is -0.465 e. The molecule has 3 saturated heterocycles. The average molecular weight is 1120 g/mol. The zero-order valence-corrected chi connectivity index (χ0v) is 40.7. The molecule has 0 aliphatic carbocycles. The van der Waals surface area contributed by atoms with Gasteiger partial charge in [-0.3, -0.25) is 14.5 Å². The molecule has 0 bridgehead atoms. The van der Waals surface area contributed by atoms with Gasteiger partial charge >= 0.3 is 39.6 Å². The number of piperidine rings is 2. The van der Waals surface area contributed by atoms with Crippen molar-refractivity contribution in [1.29, 1.82) is 10.5 Å². The largest absolute Gasteiger partial charge is 0.465 e. The van der Waals surface area contributed by atoms with Gasteiger partial charge in [-0.05, 0) is 62.1 Å². The van der Waals surface area contributed by atoms with Gasteiger partial charge in [0.05, 0.1) is 89.1 Å². The molecule has 3 aliphatic rings. The number of anilines is 3. The summed E-state index contributed by atoms with van der Waals surface area (Å²) in [6.07, 6.45) is 1.57. The summed E-state index contributed by atoms with van der Waals surface area (Å²) in [5.41, 5.74) is -3.25. The maximum absolute atomic E-state index is 14.5. The predicted octanol–water partition coefficient (Wildman–Crippen LogP) is 5.48. The number of nitrogens with one attached hydrogen (secondary N) is 1. The first-order valence-corrected chi connectivity index (χ1v) is 25.0. The summed E-state index contributed by atoms with van der Waals surface area (Å²) in [5, 5.41) is 37.5. The van der Waals surface area contributed by atoms with Crippen molar-refractivity contribution in [3.05, 3.63) is 107 Å². The molecule has 2 aromatic carbocycles. The minimum atomic E-state index is -4.88. The Balaban J connectivity index is 0.000000245. The molecule has 1 atom stereocenters. The lowest BCUT2D eigenvalue weighted by Gasteiger charge is -2.35. The zero-order valence-electron chi connectivity index (χ0n) is 36.8. The van der Waals surface area contributed by atoms with Crippen molar-refractivity contribution in [3.63, 3.8) is 0 Å². The van der Waals surface area contributed by atoms with Crippen molar-refractivity contribution in [3.8, 4) is 12.1 Å². The van der Waals surface area contributed by atoms with Crippen LogP contribution in [0.5, 0.6) is 0 Å². The highest BCUT2D eigenvalue weighted by Crippen LogP contribution is 2.34. The second kappa shape index (κ2) is 23.3. The standard InChI is InChI=1S/C23H25ClF3N7O6S.C17H14Cl2F3N5O3S/c24-20-18(29-11-16-13-40-8-7-32(16)23(36)37)12-30-33(21(20)35)15-3-5-31(6-4-15)41(38,39)34(22(26)27)19-2-1-14(10-28)9-17(19)25;18-12-9-24-26(16(28)15(12)19)11-3-5-25(6-4-11)31(29,30)27(17(21)22)14-2-1-10(8-23)7-13(14)20/h1-2,9,12,15-16,22,29H,3-8,11,13H2,(H,36,37);1-2,7,9,11,17H,3-6H2/t16-;/m0./s1. The van der Waals surface area contributed by atoms with Gasteiger partial charge in [0.25, 0.3) is 11.1 Å². The van der Waals surface area contributed by atoms with E-state index in [-0.39, 0.29) is 119 Å². The molecule has 0 unspecified atom stereocenters. The van der Waals surface area contributed by atoms with Crippen molar-refractivity contribution < 1.29 is 57.8 Å². The second-order valence-corrected chi connectivity index (χ2v) is 20.5. The third-order valence-corrected chi connectivity index (χ3v) is 16.4. The Morgan fingerprint density at radius 2 is 1.21 bits per heavy atom. The van der Waals surface area contributed by atoms with E-state index < -0.39 is 91.9 Å². The molecule has 0 spiro atoms. The molecule has 3 aliphatic heterocycles. The van der Waals surface area contributed by atoms with E-state index in [1.807, 2.05) is 0 Å². The third kappa shape index (κ3) is 11.9. The lowest BCUT2D eigenvalue weighted by Crippen LogP contribution is -2.51. The van der Waals surface area contributed by atoms with E-state index >= 15 is 0 Å². The van der Waals surface area contributed by atoms with Crippen LogP contribution in [0.3, 0.4) is 0 Å². The number of nitrogens with zero attached hydrogens (tertiary/aromatic N) is 11. The number of carboxylic acid groups (broad SMARTS) is 1. The molecular formula is C40H39Cl3F6N12O9S2. The van der Waals surface area contributed by atoms with Gasteiger partial charge in [0.15, 0.2) is 0 Å². The fourth-order valence-electron chi connectivity index (χ4n) is 7.87. The number of benzene rings is 2. The molecule has 32 heteroatoms. The first-order valence-electron chi connectivity index (χ1n) is 21.1. The molecule has 388 valence electrons. The number of alkyl halides is 4. The number of hydrogen-bond donors (Lipinski definition) is 2.